The van der Waals surface area contributed by atoms with Crippen LogP contribution in [0.3, 0.4) is 0 Å². The molecule has 0 N–H and O–H groups in total. The highest BCUT2D eigenvalue weighted by atomic mass is 35.5. The Morgan fingerprint density at radius 2 is 1.76 bits per heavy atom. The lowest BCUT2D eigenvalue weighted by Crippen LogP contribution is -2.55. The Kier molecular flexibility index (Phi) is 8.02. The van der Waals surface area contributed by atoms with E-state index >= 15 is 0 Å². The summed E-state index contributed by atoms with van der Waals surface area (Å²) < 4.78 is 11.4. The lowest BCUT2D eigenvalue weighted by molar-refractivity contribution is 0.0218. The number of fused-ring (bicyclic) bond motifs is 1. The number of piperazine rings is 1. The highest BCUT2D eigenvalue weighted by molar-refractivity contribution is 6.37. The zero-order chi connectivity index (χ0) is 26.9. The Morgan fingerprint density at radius 3 is 2.43 bits per heavy atom. The number of amides is 1. The summed E-state index contributed by atoms with van der Waals surface area (Å²) in [5.41, 5.74) is -0.150. The maximum absolute atomic E-state index is 13.2. The molecule has 1 aliphatic heterocycles. The van der Waals surface area contributed by atoms with E-state index in [0.29, 0.717) is 41.4 Å². The summed E-state index contributed by atoms with van der Waals surface area (Å²) in [4.78, 5) is 37.7. The number of halogens is 3. The third-order valence-corrected chi connectivity index (χ3v) is 6.57. The predicted molar refractivity (Wildman–Crippen MR) is 145 cm³/mol. The van der Waals surface area contributed by atoms with Gasteiger partial charge in [0.1, 0.15) is 5.60 Å². The van der Waals surface area contributed by atoms with Gasteiger partial charge < -0.3 is 19.3 Å². The Labute approximate surface area is 230 Å². The molecule has 0 unspecified atom stereocenters. The zero-order valence-corrected chi connectivity index (χ0v) is 23.2. The van der Waals surface area contributed by atoms with Crippen molar-refractivity contribution in [1.82, 2.24) is 14.9 Å². The van der Waals surface area contributed by atoms with E-state index in [9.17, 15) is 9.59 Å². The van der Waals surface area contributed by atoms with E-state index in [0.717, 1.165) is 5.39 Å². The summed E-state index contributed by atoms with van der Waals surface area (Å²) in [6.07, 6.45) is -0.381. The van der Waals surface area contributed by atoms with Crippen LogP contribution in [0.4, 0.5) is 10.6 Å². The minimum atomic E-state index is -0.590. The molecule has 1 fully saturated rings. The van der Waals surface area contributed by atoms with Crippen LogP contribution < -0.4 is 9.64 Å². The molecule has 0 aliphatic carbocycles. The first-order valence-electron chi connectivity index (χ1n) is 11.8. The third-order valence-electron chi connectivity index (χ3n) is 5.83. The van der Waals surface area contributed by atoms with E-state index in [-0.39, 0.29) is 40.7 Å². The summed E-state index contributed by atoms with van der Waals surface area (Å²) in [5, 5.41) is 1.92. The molecule has 11 heteroatoms. The molecule has 1 amide bonds. The van der Waals surface area contributed by atoms with Gasteiger partial charge in [-0.1, -0.05) is 53.5 Å². The lowest BCUT2D eigenvalue weighted by atomic mass is 10.0. The lowest BCUT2D eigenvalue weighted by Gasteiger charge is -2.41. The maximum Gasteiger partial charge on any atom is 0.410 e. The van der Waals surface area contributed by atoms with Gasteiger partial charge in [-0.15, -0.1) is 0 Å². The van der Waals surface area contributed by atoms with Crippen molar-refractivity contribution in [2.45, 2.75) is 39.3 Å². The van der Waals surface area contributed by atoms with Gasteiger partial charge in [-0.05, 0) is 50.7 Å². The number of hydrogen-bond acceptors (Lipinski definition) is 7. The number of nitrogens with zero attached hydrogens (tertiary/aromatic N) is 4. The fourth-order valence-corrected chi connectivity index (χ4v) is 4.92. The first-order chi connectivity index (χ1) is 17.4. The van der Waals surface area contributed by atoms with Crippen molar-refractivity contribution in [3.63, 3.8) is 0 Å². The van der Waals surface area contributed by atoms with Crippen molar-refractivity contribution < 1.29 is 19.1 Å². The Hall–Kier alpha value is -2.81. The molecule has 4 rings (SSSR count). The molecule has 0 saturated carbocycles. The van der Waals surface area contributed by atoms with Crippen LogP contribution in [0.15, 0.2) is 36.4 Å². The first kappa shape index (κ1) is 27.2. The predicted octanol–water partition coefficient (Wildman–Crippen LogP) is 6.30. The monoisotopic (exact) mass is 564 g/mol. The van der Waals surface area contributed by atoms with Crippen LogP contribution in [-0.4, -0.2) is 64.6 Å². The Bertz CT molecular complexity index is 1340. The number of rotatable bonds is 5. The summed E-state index contributed by atoms with van der Waals surface area (Å²) in [7, 11) is 0. The second-order valence-corrected chi connectivity index (χ2v) is 10.9. The van der Waals surface area contributed by atoms with Crippen molar-refractivity contribution in [3.8, 4) is 5.75 Å². The number of carbonyl (C=O) groups is 2. The average molecular weight is 566 g/mol. The van der Waals surface area contributed by atoms with Crippen molar-refractivity contribution in [3.05, 3.63) is 57.4 Å². The van der Waals surface area contributed by atoms with Gasteiger partial charge in [-0.3, -0.25) is 4.79 Å². The molecule has 1 aliphatic rings. The van der Waals surface area contributed by atoms with Crippen LogP contribution in [-0.2, 0) is 4.74 Å². The van der Waals surface area contributed by atoms with Gasteiger partial charge in [0.05, 0.1) is 0 Å². The second-order valence-electron chi connectivity index (χ2n) is 9.76. The van der Waals surface area contributed by atoms with Gasteiger partial charge in [0.2, 0.25) is 11.1 Å². The summed E-state index contributed by atoms with van der Waals surface area (Å²) in [6.45, 7) is 8.31. The molecular weight excluding hydrogens is 539 g/mol. The zero-order valence-electron chi connectivity index (χ0n) is 20.9. The number of anilines is 1. The van der Waals surface area contributed by atoms with Crippen LogP contribution in [0.25, 0.3) is 10.8 Å². The summed E-state index contributed by atoms with van der Waals surface area (Å²) in [5.74, 6) is 0.215. The molecule has 2 heterocycles. The molecule has 8 nitrogen and oxygen atoms in total. The normalized spacial score (nSPS) is 16.1. The van der Waals surface area contributed by atoms with Gasteiger partial charge in [0, 0.05) is 41.6 Å². The quantitative estimate of drug-likeness (QED) is 0.204. The number of Topliss-reactive ketones (excluding diaryl/α,β-unsaturated/α-hetero) is 1. The van der Waals surface area contributed by atoms with E-state index in [1.807, 2.05) is 50.8 Å². The van der Waals surface area contributed by atoms with Crippen molar-refractivity contribution >= 4 is 63.3 Å². The molecule has 0 spiro atoms. The first-order valence-corrected chi connectivity index (χ1v) is 12.9. The van der Waals surface area contributed by atoms with E-state index < -0.39 is 5.60 Å². The van der Waals surface area contributed by atoms with E-state index in [4.69, 9.17) is 44.3 Å². The average Bonchev–Trinajstić information content (AvgIpc) is 2.81. The Morgan fingerprint density at radius 1 is 1.05 bits per heavy atom. The fraction of sp³-hybridized carbons (Fsp3) is 0.385. The number of hydrogen-bond donors (Lipinski definition) is 0. The molecule has 196 valence electrons. The number of aromatic nitrogens is 2. The van der Waals surface area contributed by atoms with Crippen molar-refractivity contribution in [2.24, 2.45) is 0 Å². The smallest absolute Gasteiger partial charge is 0.410 e. The molecular formula is C26H27Cl3N4O4. The maximum atomic E-state index is 13.2. The van der Waals surface area contributed by atoms with Gasteiger partial charge in [0.25, 0.3) is 0 Å². The molecule has 1 saturated heterocycles. The standard InChI is InChI=1S/C26H27Cl3N4O4/c1-15-13-32(25(35)37-26(2,3)4)11-12-33(15)23-21(22(28)30-24(29)31-23)36-14-19(34)17-9-5-7-16-8-6-10-18(27)20(16)17/h5-10,15H,11-14H2,1-4H3/t15-/m0/s1. The van der Waals surface area contributed by atoms with Gasteiger partial charge in [-0.2, -0.15) is 4.98 Å². The number of ether oxygens (including phenoxy) is 2. The summed E-state index contributed by atoms with van der Waals surface area (Å²) in [6, 6.07) is 10.7. The molecule has 0 bridgehead atoms. The molecule has 1 aromatic heterocycles. The number of carbonyl (C=O) groups excluding carboxylic acids is 2. The van der Waals surface area contributed by atoms with Crippen LogP contribution >= 0.6 is 34.8 Å². The van der Waals surface area contributed by atoms with Gasteiger partial charge in [-0.25, -0.2) is 9.78 Å². The SMILES string of the molecule is C[C@H]1CN(C(=O)OC(C)(C)C)CCN1c1nc(Cl)nc(Cl)c1OCC(=O)c1cccc2cccc(Cl)c12. The third kappa shape index (κ3) is 6.20. The topological polar surface area (TPSA) is 84.9 Å². The molecule has 0 radical (unpaired) electrons. The second kappa shape index (κ2) is 10.9. The van der Waals surface area contributed by atoms with Crippen LogP contribution in [0, 0.1) is 0 Å². The van der Waals surface area contributed by atoms with Crippen LogP contribution in [0.5, 0.6) is 5.75 Å². The molecule has 1 atom stereocenters. The Balaban J connectivity index is 1.55. The van der Waals surface area contributed by atoms with Gasteiger partial charge >= 0.3 is 6.09 Å². The minimum absolute atomic E-state index is 0.0134. The number of ketones is 1. The van der Waals surface area contributed by atoms with Crippen LogP contribution in [0.2, 0.25) is 15.5 Å². The molecule has 3 aromatic rings. The highest BCUT2D eigenvalue weighted by Gasteiger charge is 2.33. The summed E-state index contributed by atoms with van der Waals surface area (Å²) >= 11 is 18.9. The molecule has 37 heavy (non-hydrogen) atoms. The highest BCUT2D eigenvalue weighted by Crippen LogP contribution is 2.36. The van der Waals surface area contributed by atoms with Crippen molar-refractivity contribution in [1.29, 1.82) is 0 Å². The molecule has 2 aromatic carbocycles. The van der Waals surface area contributed by atoms with E-state index in [1.165, 1.54) is 0 Å². The fourth-order valence-electron chi connectivity index (χ4n) is 4.21. The number of benzene rings is 2. The van der Waals surface area contributed by atoms with Gasteiger partial charge in [0.15, 0.2) is 23.3 Å². The van der Waals surface area contributed by atoms with Crippen LogP contribution in [0.1, 0.15) is 38.1 Å². The van der Waals surface area contributed by atoms with Crippen molar-refractivity contribution in [2.75, 3.05) is 31.1 Å². The van der Waals surface area contributed by atoms with E-state index in [1.54, 1.807) is 23.1 Å². The minimum Gasteiger partial charge on any atom is -0.478 e. The van der Waals surface area contributed by atoms with E-state index in [2.05, 4.69) is 9.97 Å². The largest absolute Gasteiger partial charge is 0.478 e.